The molecule has 1 rings (SSSR count). The predicted molar refractivity (Wildman–Crippen MR) is 53.3 cm³/mol. The van der Waals surface area contributed by atoms with Crippen molar-refractivity contribution in [1.29, 1.82) is 0 Å². The van der Waals surface area contributed by atoms with Crippen molar-refractivity contribution in [3.8, 4) is 0 Å². The van der Waals surface area contributed by atoms with E-state index in [0.717, 1.165) is 4.68 Å². The number of aryl methyl sites for hydroxylation is 1. The third kappa shape index (κ3) is 2.98. The van der Waals surface area contributed by atoms with Gasteiger partial charge in [-0.15, -0.1) is 0 Å². The Labute approximate surface area is 96.4 Å². The molecule has 0 saturated carbocycles. The van der Waals surface area contributed by atoms with Crippen molar-refractivity contribution >= 4 is 5.97 Å². The number of esters is 1. The number of hydrogen-bond acceptors (Lipinski definition) is 3. The van der Waals surface area contributed by atoms with Crippen LogP contribution in [0.2, 0.25) is 0 Å². The largest absolute Gasteiger partial charge is 0.466 e. The van der Waals surface area contributed by atoms with Gasteiger partial charge >= 0.3 is 12.1 Å². The van der Waals surface area contributed by atoms with Crippen LogP contribution in [-0.2, 0) is 29.2 Å². The van der Waals surface area contributed by atoms with E-state index in [1.165, 1.54) is 14.0 Å². The molecule has 0 N–H and O–H groups in total. The molecule has 4 nitrogen and oxygen atoms in total. The molecule has 0 aliphatic carbocycles. The smallest absolute Gasteiger partial charge is 0.435 e. The van der Waals surface area contributed by atoms with Crippen LogP contribution in [0.3, 0.4) is 0 Å². The van der Waals surface area contributed by atoms with Gasteiger partial charge in [-0.2, -0.15) is 18.3 Å². The van der Waals surface area contributed by atoms with Crippen LogP contribution >= 0.6 is 0 Å². The lowest BCUT2D eigenvalue weighted by atomic mass is 10.1. The normalized spacial score (nSPS) is 11.6. The molecular weight excluding hydrogens is 237 g/mol. The molecule has 0 unspecified atom stereocenters. The summed E-state index contributed by atoms with van der Waals surface area (Å²) in [6.45, 7) is 3.22. The molecule has 96 valence electrons. The van der Waals surface area contributed by atoms with Crippen molar-refractivity contribution in [2.75, 3.05) is 6.61 Å². The van der Waals surface area contributed by atoms with Crippen LogP contribution in [0.5, 0.6) is 0 Å². The van der Waals surface area contributed by atoms with Crippen molar-refractivity contribution in [2.45, 2.75) is 26.4 Å². The maximum Gasteiger partial charge on any atom is 0.435 e. The number of nitrogens with zero attached hydrogens (tertiary/aromatic N) is 2. The number of carbonyl (C=O) groups excluding carboxylic acids is 1. The standard InChI is InChI=1S/C10H13F3N2O2/c1-4-17-8(16)5-7-6(2)15(3)14-9(7)10(11,12)13/h4-5H2,1-3H3. The minimum Gasteiger partial charge on any atom is -0.466 e. The Kier molecular flexibility index (Phi) is 3.79. The van der Waals surface area contributed by atoms with Gasteiger partial charge in [0.25, 0.3) is 0 Å². The molecule has 1 heterocycles. The first-order chi connectivity index (χ1) is 7.77. The van der Waals surface area contributed by atoms with E-state index < -0.39 is 24.3 Å². The Morgan fingerprint density at radius 2 is 2.06 bits per heavy atom. The number of rotatable bonds is 3. The lowest BCUT2D eigenvalue weighted by Gasteiger charge is -2.06. The van der Waals surface area contributed by atoms with Gasteiger partial charge in [-0.05, 0) is 13.8 Å². The molecule has 0 bridgehead atoms. The minimum atomic E-state index is -4.56. The molecule has 0 radical (unpaired) electrons. The molecule has 0 spiro atoms. The molecule has 0 amide bonds. The first kappa shape index (κ1) is 13.5. The van der Waals surface area contributed by atoms with E-state index in [2.05, 4.69) is 9.84 Å². The second kappa shape index (κ2) is 4.77. The third-order valence-corrected chi connectivity index (χ3v) is 2.35. The number of halogens is 3. The number of alkyl halides is 3. The molecule has 7 heteroatoms. The average molecular weight is 250 g/mol. The number of aromatic nitrogens is 2. The van der Waals surface area contributed by atoms with Crippen LogP contribution in [-0.4, -0.2) is 22.4 Å². The van der Waals surface area contributed by atoms with Gasteiger partial charge in [0.05, 0.1) is 13.0 Å². The Morgan fingerprint density at radius 1 is 1.47 bits per heavy atom. The lowest BCUT2D eigenvalue weighted by molar-refractivity contribution is -0.144. The van der Waals surface area contributed by atoms with Gasteiger partial charge in [0.1, 0.15) is 0 Å². The van der Waals surface area contributed by atoms with E-state index in [4.69, 9.17) is 0 Å². The molecule has 1 aromatic rings. The summed E-state index contributed by atoms with van der Waals surface area (Å²) in [5, 5.41) is 3.38. The SMILES string of the molecule is CCOC(=O)Cc1c(C(F)(F)F)nn(C)c1C. The van der Waals surface area contributed by atoms with Gasteiger partial charge in [-0.1, -0.05) is 0 Å². The highest BCUT2D eigenvalue weighted by molar-refractivity contribution is 5.73. The Morgan fingerprint density at radius 3 is 2.53 bits per heavy atom. The third-order valence-electron chi connectivity index (χ3n) is 2.35. The van der Waals surface area contributed by atoms with Crippen molar-refractivity contribution in [1.82, 2.24) is 9.78 Å². The van der Waals surface area contributed by atoms with E-state index in [9.17, 15) is 18.0 Å². The predicted octanol–water partition coefficient (Wildman–Crippen LogP) is 1.85. The van der Waals surface area contributed by atoms with Gasteiger partial charge in [-0.3, -0.25) is 9.48 Å². The molecule has 0 atom stereocenters. The van der Waals surface area contributed by atoms with Gasteiger partial charge in [0, 0.05) is 18.3 Å². The second-order valence-electron chi connectivity index (χ2n) is 3.52. The summed E-state index contributed by atoms with van der Waals surface area (Å²) in [7, 11) is 1.40. The second-order valence-corrected chi connectivity index (χ2v) is 3.52. The topological polar surface area (TPSA) is 44.1 Å². The summed E-state index contributed by atoms with van der Waals surface area (Å²) in [5.41, 5.74) is -0.839. The first-order valence-electron chi connectivity index (χ1n) is 5.02. The maximum atomic E-state index is 12.7. The summed E-state index contributed by atoms with van der Waals surface area (Å²) in [6.07, 6.45) is -4.98. The Bertz CT molecular complexity index is 424. The average Bonchev–Trinajstić information content (AvgIpc) is 2.46. The summed E-state index contributed by atoms with van der Waals surface area (Å²) in [5.74, 6) is -0.686. The van der Waals surface area contributed by atoms with E-state index in [1.807, 2.05) is 0 Å². The number of carbonyl (C=O) groups is 1. The maximum absolute atomic E-state index is 12.7. The zero-order chi connectivity index (χ0) is 13.2. The van der Waals surface area contributed by atoms with Crippen molar-refractivity contribution in [3.63, 3.8) is 0 Å². The molecule has 0 aliphatic rings. The van der Waals surface area contributed by atoms with Crippen LogP contribution in [0.1, 0.15) is 23.9 Å². The quantitative estimate of drug-likeness (QED) is 0.769. The first-order valence-corrected chi connectivity index (χ1v) is 5.02. The van der Waals surface area contributed by atoms with Crippen molar-refractivity contribution < 1.29 is 22.7 Å². The van der Waals surface area contributed by atoms with E-state index in [-0.39, 0.29) is 12.2 Å². The summed E-state index contributed by atoms with van der Waals surface area (Å²) in [6, 6.07) is 0. The lowest BCUT2D eigenvalue weighted by Crippen LogP contribution is -2.14. The zero-order valence-electron chi connectivity index (χ0n) is 9.76. The van der Waals surface area contributed by atoms with Gasteiger partial charge in [-0.25, -0.2) is 0 Å². The minimum absolute atomic E-state index is 0.126. The molecule has 0 saturated heterocycles. The summed E-state index contributed by atoms with van der Waals surface area (Å²) >= 11 is 0. The summed E-state index contributed by atoms with van der Waals surface area (Å²) in [4.78, 5) is 11.2. The molecule has 0 fully saturated rings. The zero-order valence-corrected chi connectivity index (χ0v) is 9.76. The molecule has 17 heavy (non-hydrogen) atoms. The van der Waals surface area contributed by atoms with E-state index in [0.29, 0.717) is 5.69 Å². The fraction of sp³-hybridized carbons (Fsp3) is 0.600. The van der Waals surface area contributed by atoms with Crippen LogP contribution in [0.15, 0.2) is 0 Å². The Balaban J connectivity index is 3.09. The molecule has 1 aromatic heterocycles. The van der Waals surface area contributed by atoms with Gasteiger partial charge in [0.2, 0.25) is 0 Å². The highest BCUT2D eigenvalue weighted by Crippen LogP contribution is 2.32. The highest BCUT2D eigenvalue weighted by Gasteiger charge is 2.38. The van der Waals surface area contributed by atoms with Crippen LogP contribution in [0, 0.1) is 6.92 Å². The van der Waals surface area contributed by atoms with E-state index in [1.54, 1.807) is 6.92 Å². The monoisotopic (exact) mass is 250 g/mol. The van der Waals surface area contributed by atoms with Crippen LogP contribution < -0.4 is 0 Å². The van der Waals surface area contributed by atoms with Crippen LogP contribution in [0.4, 0.5) is 13.2 Å². The molecule has 0 aliphatic heterocycles. The van der Waals surface area contributed by atoms with Crippen molar-refractivity contribution in [2.24, 2.45) is 7.05 Å². The number of ether oxygens (including phenoxy) is 1. The van der Waals surface area contributed by atoms with E-state index >= 15 is 0 Å². The fourth-order valence-electron chi connectivity index (χ4n) is 1.45. The molecular formula is C10H13F3N2O2. The Hall–Kier alpha value is -1.53. The number of hydrogen-bond donors (Lipinski definition) is 0. The van der Waals surface area contributed by atoms with Crippen LogP contribution in [0.25, 0.3) is 0 Å². The van der Waals surface area contributed by atoms with Gasteiger partial charge < -0.3 is 4.74 Å². The van der Waals surface area contributed by atoms with Crippen molar-refractivity contribution in [3.05, 3.63) is 17.0 Å². The highest BCUT2D eigenvalue weighted by atomic mass is 19.4. The fourth-order valence-corrected chi connectivity index (χ4v) is 1.45. The summed E-state index contributed by atoms with van der Waals surface area (Å²) < 4.78 is 43.7. The van der Waals surface area contributed by atoms with Gasteiger partial charge in [0.15, 0.2) is 5.69 Å². The molecule has 0 aromatic carbocycles.